The second kappa shape index (κ2) is 7.10. The fraction of sp³-hybridized carbons (Fsp3) is 0.280. The van der Waals surface area contributed by atoms with Crippen molar-refractivity contribution in [2.24, 2.45) is 23.7 Å². The molecule has 4 atom stereocenters. The highest BCUT2D eigenvalue weighted by atomic mass is 32.1. The number of anilines is 2. The van der Waals surface area contributed by atoms with Crippen LogP contribution in [-0.2, 0) is 14.4 Å². The van der Waals surface area contributed by atoms with E-state index in [1.165, 1.54) is 16.2 Å². The van der Waals surface area contributed by atoms with Crippen molar-refractivity contribution < 1.29 is 14.4 Å². The Morgan fingerprint density at radius 2 is 1.69 bits per heavy atom. The standard InChI is InChI=1S/C25H21N3O3S/c1-14-6-2-4-8-18(14)28(25-26-17-7-3-5-9-19(17)32-25)20(29)13-27-23(30)21-15-10-11-16(12-15)22(21)24(27)31/h2-11,15-16,21-22H,12-13H2,1H3. The van der Waals surface area contributed by atoms with Crippen LogP contribution in [0.3, 0.4) is 0 Å². The molecule has 1 aliphatic heterocycles. The summed E-state index contributed by atoms with van der Waals surface area (Å²) in [6, 6.07) is 15.3. The van der Waals surface area contributed by atoms with Crippen LogP contribution in [0.5, 0.6) is 0 Å². The Hall–Kier alpha value is -3.32. The lowest BCUT2D eigenvalue weighted by Crippen LogP contribution is -2.42. The number of imide groups is 1. The molecule has 3 aliphatic rings. The molecule has 6 nitrogen and oxygen atoms in total. The molecule has 1 saturated carbocycles. The van der Waals surface area contributed by atoms with Crippen LogP contribution in [-0.4, -0.2) is 34.2 Å². The van der Waals surface area contributed by atoms with Crippen molar-refractivity contribution in [3.05, 3.63) is 66.2 Å². The first-order valence-electron chi connectivity index (χ1n) is 10.8. The van der Waals surface area contributed by atoms with Gasteiger partial charge >= 0.3 is 0 Å². The van der Waals surface area contributed by atoms with Crippen LogP contribution in [0.4, 0.5) is 10.8 Å². The SMILES string of the molecule is Cc1ccccc1N(C(=O)CN1C(=O)C2C3C=CC(C3)C2C1=O)c1nc2ccccc2s1. The molecule has 7 heteroatoms. The number of amides is 3. The van der Waals surface area contributed by atoms with E-state index in [9.17, 15) is 14.4 Å². The van der Waals surface area contributed by atoms with Crippen molar-refractivity contribution in [1.82, 2.24) is 9.88 Å². The van der Waals surface area contributed by atoms with Gasteiger partial charge in [0.15, 0.2) is 5.13 Å². The van der Waals surface area contributed by atoms with E-state index in [2.05, 4.69) is 17.1 Å². The summed E-state index contributed by atoms with van der Waals surface area (Å²) in [5.74, 6) is -1.12. The van der Waals surface area contributed by atoms with E-state index in [1.807, 2.05) is 55.5 Å². The van der Waals surface area contributed by atoms with Crippen LogP contribution < -0.4 is 4.90 Å². The molecule has 3 aromatic rings. The number of thiazole rings is 1. The summed E-state index contributed by atoms with van der Waals surface area (Å²) in [4.78, 5) is 47.3. The fourth-order valence-electron chi connectivity index (χ4n) is 5.44. The van der Waals surface area contributed by atoms with Gasteiger partial charge in [0.25, 0.3) is 5.91 Å². The Labute approximate surface area is 189 Å². The average Bonchev–Trinajstić information content (AvgIpc) is 3.55. The van der Waals surface area contributed by atoms with E-state index in [0.29, 0.717) is 10.8 Å². The molecule has 2 fully saturated rings. The largest absolute Gasteiger partial charge is 0.274 e. The maximum absolute atomic E-state index is 13.6. The normalized spacial score (nSPS) is 25.7. The lowest BCUT2D eigenvalue weighted by molar-refractivity contribution is -0.143. The molecular weight excluding hydrogens is 422 g/mol. The van der Waals surface area contributed by atoms with Crippen molar-refractivity contribution in [3.63, 3.8) is 0 Å². The minimum absolute atomic E-state index is 0.123. The molecule has 6 rings (SSSR count). The number of hydrogen-bond acceptors (Lipinski definition) is 5. The highest BCUT2D eigenvalue weighted by molar-refractivity contribution is 7.22. The van der Waals surface area contributed by atoms with Crippen molar-refractivity contribution in [1.29, 1.82) is 0 Å². The van der Waals surface area contributed by atoms with Crippen molar-refractivity contribution in [2.45, 2.75) is 13.3 Å². The molecule has 1 saturated heterocycles. The number of carbonyl (C=O) groups excluding carboxylic acids is 3. The Bertz CT molecular complexity index is 1250. The monoisotopic (exact) mass is 443 g/mol. The lowest BCUT2D eigenvalue weighted by atomic mass is 9.85. The first-order valence-corrected chi connectivity index (χ1v) is 11.6. The fourth-order valence-corrected chi connectivity index (χ4v) is 6.44. The molecule has 0 N–H and O–H groups in total. The van der Waals surface area contributed by atoms with Crippen LogP contribution in [0.15, 0.2) is 60.7 Å². The third-order valence-electron chi connectivity index (χ3n) is 6.93. The highest BCUT2D eigenvalue weighted by Gasteiger charge is 2.59. The number of nitrogens with zero attached hydrogens (tertiary/aromatic N) is 3. The summed E-state index contributed by atoms with van der Waals surface area (Å²) in [5, 5.41) is 0.534. The van der Waals surface area contributed by atoms with Gasteiger partial charge in [-0.15, -0.1) is 0 Å². The molecule has 1 aromatic heterocycles. The zero-order valence-electron chi connectivity index (χ0n) is 17.5. The summed E-state index contributed by atoms with van der Waals surface area (Å²) < 4.78 is 0.972. The first-order chi connectivity index (χ1) is 15.5. The summed E-state index contributed by atoms with van der Waals surface area (Å²) >= 11 is 1.42. The van der Waals surface area contributed by atoms with E-state index in [0.717, 1.165) is 22.2 Å². The molecular formula is C25H21N3O3S. The Morgan fingerprint density at radius 1 is 1.03 bits per heavy atom. The molecule has 3 amide bonds. The predicted octanol–water partition coefficient (Wildman–Crippen LogP) is 4.08. The smallest absolute Gasteiger partial charge is 0.253 e. The summed E-state index contributed by atoms with van der Waals surface area (Å²) in [6.07, 6.45) is 4.99. The number of allylic oxidation sites excluding steroid dienone is 2. The summed E-state index contributed by atoms with van der Waals surface area (Å²) in [7, 11) is 0. The molecule has 2 bridgehead atoms. The second-order valence-electron chi connectivity index (χ2n) is 8.74. The van der Waals surface area contributed by atoms with E-state index in [-0.39, 0.29) is 47.9 Å². The number of carbonyl (C=O) groups is 3. The van der Waals surface area contributed by atoms with Gasteiger partial charge < -0.3 is 0 Å². The summed E-state index contributed by atoms with van der Waals surface area (Å²) in [5.41, 5.74) is 2.43. The number of aromatic nitrogens is 1. The van der Waals surface area contributed by atoms with E-state index in [1.54, 1.807) is 4.90 Å². The topological polar surface area (TPSA) is 70.6 Å². The van der Waals surface area contributed by atoms with Crippen LogP contribution in [0.2, 0.25) is 0 Å². The van der Waals surface area contributed by atoms with Gasteiger partial charge in [-0.3, -0.25) is 24.2 Å². The van der Waals surface area contributed by atoms with Gasteiger partial charge in [0.1, 0.15) is 6.54 Å². The van der Waals surface area contributed by atoms with E-state index in [4.69, 9.17) is 0 Å². The Morgan fingerprint density at radius 3 is 2.38 bits per heavy atom. The highest BCUT2D eigenvalue weighted by Crippen LogP contribution is 2.52. The van der Waals surface area contributed by atoms with Crippen LogP contribution in [0.25, 0.3) is 10.2 Å². The second-order valence-corrected chi connectivity index (χ2v) is 9.75. The van der Waals surface area contributed by atoms with Crippen molar-refractivity contribution in [3.8, 4) is 0 Å². The predicted molar refractivity (Wildman–Crippen MR) is 122 cm³/mol. The zero-order valence-corrected chi connectivity index (χ0v) is 18.3. The first kappa shape index (κ1) is 19.4. The lowest BCUT2D eigenvalue weighted by Gasteiger charge is -2.24. The molecule has 160 valence electrons. The quantitative estimate of drug-likeness (QED) is 0.450. The third-order valence-corrected chi connectivity index (χ3v) is 7.96. The minimum Gasteiger partial charge on any atom is -0.274 e. The van der Waals surface area contributed by atoms with Gasteiger partial charge in [0.05, 0.1) is 27.7 Å². The van der Waals surface area contributed by atoms with Crippen LogP contribution in [0, 0.1) is 30.6 Å². The number of fused-ring (bicyclic) bond motifs is 6. The van der Waals surface area contributed by atoms with E-state index < -0.39 is 0 Å². The van der Waals surface area contributed by atoms with Crippen molar-refractivity contribution in [2.75, 3.05) is 11.4 Å². The molecule has 2 heterocycles. The van der Waals surface area contributed by atoms with Gasteiger partial charge in [-0.05, 0) is 48.9 Å². The number of para-hydroxylation sites is 2. The number of hydrogen-bond donors (Lipinski definition) is 0. The molecule has 2 aromatic carbocycles. The zero-order chi connectivity index (χ0) is 22.0. The maximum Gasteiger partial charge on any atom is 0.253 e. The molecule has 4 unspecified atom stereocenters. The molecule has 32 heavy (non-hydrogen) atoms. The maximum atomic E-state index is 13.6. The number of benzene rings is 2. The van der Waals surface area contributed by atoms with Crippen molar-refractivity contribution >= 4 is 50.1 Å². The van der Waals surface area contributed by atoms with Gasteiger partial charge in [-0.2, -0.15) is 0 Å². The molecule has 2 aliphatic carbocycles. The number of rotatable bonds is 4. The van der Waals surface area contributed by atoms with Gasteiger partial charge in [-0.1, -0.05) is 53.8 Å². The van der Waals surface area contributed by atoms with Gasteiger partial charge in [0, 0.05) is 0 Å². The molecule has 0 spiro atoms. The van der Waals surface area contributed by atoms with Gasteiger partial charge in [-0.25, -0.2) is 4.98 Å². The number of aryl methyl sites for hydroxylation is 1. The third kappa shape index (κ3) is 2.77. The molecule has 0 radical (unpaired) electrons. The van der Waals surface area contributed by atoms with E-state index >= 15 is 0 Å². The minimum atomic E-state index is -0.333. The Kier molecular flexibility index (Phi) is 4.30. The van der Waals surface area contributed by atoms with Crippen LogP contribution in [0.1, 0.15) is 12.0 Å². The average molecular weight is 444 g/mol. The van der Waals surface area contributed by atoms with Crippen LogP contribution >= 0.6 is 11.3 Å². The number of likely N-dealkylation sites (tertiary alicyclic amines) is 1. The Balaban J connectivity index is 1.36. The summed E-state index contributed by atoms with van der Waals surface area (Å²) in [6.45, 7) is 1.66. The van der Waals surface area contributed by atoms with Gasteiger partial charge in [0.2, 0.25) is 11.8 Å².